The Morgan fingerprint density at radius 1 is 1.14 bits per heavy atom. The van der Waals surface area contributed by atoms with E-state index in [2.05, 4.69) is 41.6 Å². The number of aliphatic hydroxyl groups is 1. The molecule has 10 heteroatoms. The maximum Gasteiger partial charge on any atom is 0.326 e. The van der Waals surface area contributed by atoms with Crippen LogP contribution < -0.4 is 10.6 Å². The number of carbonyl (C=O) groups is 3. The van der Waals surface area contributed by atoms with Crippen LogP contribution in [0.5, 0.6) is 0 Å². The van der Waals surface area contributed by atoms with E-state index >= 15 is 0 Å². The molecule has 0 saturated heterocycles. The number of rotatable bonds is 11. The summed E-state index contributed by atoms with van der Waals surface area (Å²) in [6, 6.07) is -1.90. The van der Waals surface area contributed by atoms with Crippen LogP contribution in [-0.4, -0.2) is 70.0 Å². The van der Waals surface area contributed by atoms with E-state index in [0.717, 1.165) is 50.7 Å². The summed E-state index contributed by atoms with van der Waals surface area (Å²) >= 11 is 1.50. The largest absolute Gasteiger partial charge is 0.480 e. The number of oxime groups is 1. The van der Waals surface area contributed by atoms with Gasteiger partial charge < -0.3 is 25.7 Å². The topological polar surface area (TPSA) is 137 Å². The molecule has 8 atom stereocenters. The normalized spacial score (nSPS) is 35.4. The van der Waals surface area contributed by atoms with E-state index in [1.54, 1.807) is 13.8 Å². The van der Waals surface area contributed by atoms with E-state index < -0.39 is 35.5 Å². The molecule has 4 rings (SSSR count). The average molecular weight is 616 g/mol. The number of allylic oxidation sites excluding steroid dienone is 2. The van der Waals surface area contributed by atoms with Crippen molar-refractivity contribution < 1.29 is 29.4 Å². The van der Waals surface area contributed by atoms with Crippen LogP contribution in [0.1, 0.15) is 85.5 Å². The van der Waals surface area contributed by atoms with Crippen LogP contribution in [0.4, 0.5) is 0 Å². The van der Waals surface area contributed by atoms with Crippen molar-refractivity contribution in [2.75, 3.05) is 18.6 Å². The second-order valence-corrected chi connectivity index (χ2v) is 14.8. The molecular formula is C33H49N3O6S. The smallest absolute Gasteiger partial charge is 0.326 e. The number of carbonyl (C=O) groups excluding carboxylic acids is 2. The first kappa shape index (κ1) is 33.4. The van der Waals surface area contributed by atoms with Gasteiger partial charge >= 0.3 is 5.97 Å². The molecule has 3 saturated carbocycles. The highest BCUT2D eigenvalue weighted by atomic mass is 32.2. The number of nitrogens with one attached hydrogen (secondary N) is 2. The van der Waals surface area contributed by atoms with Gasteiger partial charge in [0.2, 0.25) is 5.91 Å². The number of nitrogens with zero attached hydrogens (tertiary/aromatic N) is 1. The minimum absolute atomic E-state index is 0.0823. The molecule has 238 valence electrons. The SMILES string of the molecule is C#C[C@@]1(O)CC[C@H]2[C@@H]3CCC4=CC(=NOCC(=O)N[C@@H](C(=O)N[C@@H](CCSC)C(=O)O)C(C)C)CC[C@]4(C)[C@H]3CC[C@@]21C. The number of amides is 2. The first-order chi connectivity index (χ1) is 20.3. The van der Waals surface area contributed by atoms with Crippen LogP contribution >= 0.6 is 11.8 Å². The van der Waals surface area contributed by atoms with Crippen LogP contribution in [-0.2, 0) is 19.2 Å². The molecule has 3 fully saturated rings. The minimum atomic E-state index is -1.10. The predicted octanol–water partition coefficient (Wildman–Crippen LogP) is 4.15. The van der Waals surface area contributed by atoms with E-state index in [9.17, 15) is 24.6 Å². The van der Waals surface area contributed by atoms with Gasteiger partial charge in [-0.25, -0.2) is 4.79 Å². The van der Waals surface area contributed by atoms with E-state index in [-0.39, 0.29) is 23.4 Å². The highest BCUT2D eigenvalue weighted by molar-refractivity contribution is 7.98. The van der Waals surface area contributed by atoms with Crippen molar-refractivity contribution in [1.29, 1.82) is 0 Å². The lowest BCUT2D eigenvalue weighted by Gasteiger charge is -2.58. The molecule has 0 aromatic heterocycles. The van der Waals surface area contributed by atoms with E-state index in [4.69, 9.17) is 11.3 Å². The summed E-state index contributed by atoms with van der Waals surface area (Å²) in [6.45, 7) is 7.84. The molecule has 0 unspecified atom stereocenters. The molecular weight excluding hydrogens is 566 g/mol. The molecule has 4 aliphatic rings. The van der Waals surface area contributed by atoms with Crippen LogP contribution in [0.15, 0.2) is 16.8 Å². The van der Waals surface area contributed by atoms with Gasteiger partial charge in [-0.3, -0.25) is 9.59 Å². The monoisotopic (exact) mass is 615 g/mol. The highest BCUT2D eigenvalue weighted by Gasteiger charge is 2.63. The molecule has 0 radical (unpaired) electrons. The summed E-state index contributed by atoms with van der Waals surface area (Å²) in [5.74, 6) is 2.55. The van der Waals surface area contributed by atoms with Crippen molar-refractivity contribution in [3.63, 3.8) is 0 Å². The number of hydrogen-bond donors (Lipinski definition) is 4. The lowest BCUT2D eigenvalue weighted by Crippen LogP contribution is -2.54. The molecule has 4 N–H and O–H groups in total. The van der Waals surface area contributed by atoms with Gasteiger partial charge in [0.15, 0.2) is 6.61 Å². The second kappa shape index (κ2) is 13.2. The standard InChI is InChI=1S/C33H49N3O6S/c1-7-33(41)16-12-25-23-9-8-21-18-22(10-14-31(21,4)24(23)11-15-32(25,33)5)36-42-19-27(37)35-28(20(2)3)29(38)34-26(30(39)40)13-17-43-6/h1,18,20,23-26,28,41H,8-17,19H2,2-6H3,(H,34,38)(H,35,37)(H,39,40)/t23-,24+,25+,26+,28-,31+,32+,33-/m1/s1. The lowest BCUT2D eigenvalue weighted by atomic mass is 9.46. The van der Waals surface area contributed by atoms with Gasteiger partial charge in [0.1, 0.15) is 17.7 Å². The molecule has 0 aromatic rings. The Labute approximate surface area is 260 Å². The van der Waals surface area contributed by atoms with E-state index in [1.807, 2.05) is 6.26 Å². The third-order valence-electron chi connectivity index (χ3n) is 11.2. The van der Waals surface area contributed by atoms with Crippen molar-refractivity contribution >= 4 is 35.3 Å². The molecule has 0 aromatic carbocycles. The van der Waals surface area contributed by atoms with Gasteiger partial charge in [-0.05, 0) is 105 Å². The molecule has 9 nitrogen and oxygen atoms in total. The highest BCUT2D eigenvalue weighted by Crippen LogP contribution is 2.67. The first-order valence-corrected chi connectivity index (χ1v) is 17.1. The third-order valence-corrected chi connectivity index (χ3v) is 11.9. The zero-order valence-electron chi connectivity index (χ0n) is 26.3. The molecule has 0 spiro atoms. The Hall–Kier alpha value is -2.51. The number of terminal acetylenes is 1. The fourth-order valence-electron chi connectivity index (χ4n) is 8.57. The Balaban J connectivity index is 1.34. The molecule has 4 aliphatic carbocycles. The Morgan fingerprint density at radius 2 is 1.86 bits per heavy atom. The van der Waals surface area contributed by atoms with Crippen LogP contribution in [0.2, 0.25) is 0 Å². The average Bonchev–Trinajstić information content (AvgIpc) is 3.24. The molecule has 0 heterocycles. The number of hydrogen-bond acceptors (Lipinski definition) is 7. The zero-order chi connectivity index (χ0) is 31.6. The van der Waals surface area contributed by atoms with Gasteiger partial charge in [-0.2, -0.15) is 11.8 Å². The lowest BCUT2D eigenvalue weighted by molar-refractivity contribution is -0.142. The van der Waals surface area contributed by atoms with Crippen molar-refractivity contribution in [3.8, 4) is 12.3 Å². The predicted molar refractivity (Wildman–Crippen MR) is 168 cm³/mol. The Kier molecular flexibility index (Phi) is 10.3. The summed E-state index contributed by atoms with van der Waals surface area (Å²) in [7, 11) is 0. The number of carboxylic acids is 1. The quantitative estimate of drug-likeness (QED) is 0.202. The third kappa shape index (κ3) is 6.49. The molecule has 0 aliphatic heterocycles. The van der Waals surface area contributed by atoms with Gasteiger partial charge in [0.25, 0.3) is 5.91 Å². The Bertz CT molecular complexity index is 1200. The molecule has 0 bridgehead atoms. The first-order valence-electron chi connectivity index (χ1n) is 15.7. The van der Waals surface area contributed by atoms with E-state index in [0.29, 0.717) is 36.3 Å². The van der Waals surface area contributed by atoms with Crippen LogP contribution in [0.3, 0.4) is 0 Å². The summed E-state index contributed by atoms with van der Waals surface area (Å²) in [4.78, 5) is 42.5. The Morgan fingerprint density at radius 3 is 2.51 bits per heavy atom. The van der Waals surface area contributed by atoms with E-state index in [1.165, 1.54) is 17.3 Å². The van der Waals surface area contributed by atoms with Gasteiger partial charge in [-0.1, -0.05) is 44.3 Å². The number of aliphatic carboxylic acids is 1. The van der Waals surface area contributed by atoms with Crippen molar-refractivity contribution in [2.45, 2.75) is 103 Å². The van der Waals surface area contributed by atoms with Gasteiger partial charge in [-0.15, -0.1) is 6.42 Å². The van der Waals surface area contributed by atoms with Gasteiger partial charge in [0.05, 0.1) is 5.71 Å². The summed E-state index contributed by atoms with van der Waals surface area (Å²) < 4.78 is 0. The van der Waals surface area contributed by atoms with Crippen LogP contribution in [0.25, 0.3) is 0 Å². The fraction of sp³-hybridized carbons (Fsp3) is 0.758. The number of fused-ring (bicyclic) bond motifs is 5. The number of carboxylic acid groups (broad SMARTS) is 1. The minimum Gasteiger partial charge on any atom is -0.480 e. The van der Waals surface area contributed by atoms with Crippen molar-refractivity contribution in [1.82, 2.24) is 10.6 Å². The van der Waals surface area contributed by atoms with Crippen molar-refractivity contribution in [3.05, 3.63) is 11.6 Å². The second-order valence-electron chi connectivity index (χ2n) is 13.8. The summed E-state index contributed by atoms with van der Waals surface area (Å²) in [6.07, 6.45) is 17.6. The van der Waals surface area contributed by atoms with Crippen molar-refractivity contribution in [2.24, 2.45) is 39.7 Å². The number of thioether (sulfide) groups is 1. The summed E-state index contributed by atoms with van der Waals surface area (Å²) in [5.41, 5.74) is 1.09. The van der Waals surface area contributed by atoms with Crippen LogP contribution in [0, 0.1) is 46.8 Å². The maximum absolute atomic E-state index is 12.8. The zero-order valence-corrected chi connectivity index (χ0v) is 27.1. The maximum atomic E-state index is 12.8. The molecule has 2 amide bonds. The summed E-state index contributed by atoms with van der Waals surface area (Å²) in [5, 5.41) is 30.2. The fourth-order valence-corrected chi connectivity index (χ4v) is 9.05. The molecule has 43 heavy (non-hydrogen) atoms. The van der Waals surface area contributed by atoms with Gasteiger partial charge in [0, 0.05) is 5.41 Å².